The van der Waals surface area contributed by atoms with Crippen LogP contribution < -0.4 is 0 Å². The van der Waals surface area contributed by atoms with Crippen molar-refractivity contribution in [1.82, 2.24) is 19.9 Å². The van der Waals surface area contributed by atoms with Crippen LogP contribution in [-0.4, -0.2) is 26.4 Å². The van der Waals surface area contributed by atoms with Gasteiger partial charge in [0.15, 0.2) is 11.6 Å². The molecule has 0 N–H and O–H groups in total. The molecule has 1 aliphatic heterocycles. The second kappa shape index (κ2) is 5.86. The zero-order valence-corrected chi connectivity index (χ0v) is 14.1. The molecule has 0 bridgehead atoms. The Labute approximate surface area is 139 Å². The van der Waals surface area contributed by atoms with E-state index in [1.54, 1.807) is 17.6 Å². The summed E-state index contributed by atoms with van der Waals surface area (Å²) in [6.45, 7) is 6.98. The quantitative estimate of drug-likeness (QED) is 0.738. The minimum absolute atomic E-state index is 0.667. The molecule has 0 fully saturated rings. The summed E-state index contributed by atoms with van der Waals surface area (Å²) in [5, 5.41) is 1.14. The Morgan fingerprint density at radius 2 is 2.22 bits per heavy atom. The van der Waals surface area contributed by atoms with E-state index in [4.69, 9.17) is 9.40 Å². The van der Waals surface area contributed by atoms with Gasteiger partial charge < -0.3 is 4.42 Å². The number of furan rings is 1. The van der Waals surface area contributed by atoms with Crippen LogP contribution in [0.15, 0.2) is 29.0 Å². The molecule has 0 amide bonds. The third-order valence-electron chi connectivity index (χ3n) is 4.13. The molecule has 3 aromatic rings. The van der Waals surface area contributed by atoms with Crippen molar-refractivity contribution in [2.45, 2.75) is 33.4 Å². The third-order valence-corrected chi connectivity index (χ3v) is 5.19. The summed E-state index contributed by atoms with van der Waals surface area (Å²) in [5.74, 6) is 1.39. The first-order valence-electron chi connectivity index (χ1n) is 7.73. The maximum absolute atomic E-state index is 5.41. The van der Waals surface area contributed by atoms with Crippen LogP contribution in [-0.2, 0) is 19.5 Å². The highest BCUT2D eigenvalue weighted by Crippen LogP contribution is 2.25. The van der Waals surface area contributed by atoms with Gasteiger partial charge in [0.1, 0.15) is 0 Å². The Morgan fingerprint density at radius 3 is 2.96 bits per heavy atom. The van der Waals surface area contributed by atoms with Crippen molar-refractivity contribution < 1.29 is 4.42 Å². The summed E-state index contributed by atoms with van der Waals surface area (Å²) in [6.07, 6.45) is 4.59. The minimum Gasteiger partial charge on any atom is -0.461 e. The highest BCUT2D eigenvalue weighted by Gasteiger charge is 2.20. The average Bonchev–Trinajstić information content (AvgIpc) is 3.17. The molecule has 1 aliphatic rings. The van der Waals surface area contributed by atoms with E-state index in [0.29, 0.717) is 5.82 Å². The van der Waals surface area contributed by atoms with Gasteiger partial charge in [-0.2, -0.15) is 0 Å². The van der Waals surface area contributed by atoms with E-state index in [2.05, 4.69) is 28.7 Å². The average molecular weight is 326 g/mol. The Balaban J connectivity index is 1.56. The molecule has 0 saturated carbocycles. The molecule has 5 nitrogen and oxygen atoms in total. The van der Waals surface area contributed by atoms with Gasteiger partial charge in [-0.15, -0.1) is 11.3 Å². The van der Waals surface area contributed by atoms with Crippen molar-refractivity contribution >= 4 is 11.3 Å². The zero-order chi connectivity index (χ0) is 15.8. The molecule has 4 heterocycles. The standard InChI is InChI=1S/C17H18N4OS/c1-11-16(23-12(2)19-11)10-21-6-5-13-8-18-17(20-14(13)9-21)15-4-3-7-22-15/h3-4,7-8H,5-6,9-10H2,1-2H3. The number of thiazole rings is 1. The second-order valence-corrected chi connectivity index (χ2v) is 7.13. The normalized spacial score (nSPS) is 14.9. The first-order valence-corrected chi connectivity index (χ1v) is 8.54. The summed E-state index contributed by atoms with van der Waals surface area (Å²) >= 11 is 1.79. The SMILES string of the molecule is Cc1nc(C)c(CN2CCc3cnc(-c4ccco4)nc3C2)s1. The summed E-state index contributed by atoms with van der Waals surface area (Å²) in [6, 6.07) is 3.76. The molecule has 6 heteroatoms. The number of nitrogens with zero attached hydrogens (tertiary/aromatic N) is 4. The Morgan fingerprint density at radius 1 is 1.30 bits per heavy atom. The number of aryl methyl sites for hydroxylation is 2. The lowest BCUT2D eigenvalue weighted by atomic mass is 10.1. The van der Waals surface area contributed by atoms with Crippen molar-refractivity contribution in [2.24, 2.45) is 0 Å². The lowest BCUT2D eigenvalue weighted by Gasteiger charge is -2.27. The van der Waals surface area contributed by atoms with Gasteiger partial charge in [-0.05, 0) is 38.0 Å². The Kier molecular flexibility index (Phi) is 3.71. The van der Waals surface area contributed by atoms with Crippen LogP contribution in [0, 0.1) is 13.8 Å². The second-order valence-electron chi connectivity index (χ2n) is 5.84. The van der Waals surface area contributed by atoms with Crippen LogP contribution in [0.1, 0.15) is 26.8 Å². The molecule has 0 spiro atoms. The Bertz CT molecular complexity index is 825. The fourth-order valence-electron chi connectivity index (χ4n) is 2.94. The fraction of sp³-hybridized carbons (Fsp3) is 0.353. The van der Waals surface area contributed by atoms with E-state index in [9.17, 15) is 0 Å². The lowest BCUT2D eigenvalue weighted by Crippen LogP contribution is -2.31. The molecule has 0 unspecified atom stereocenters. The van der Waals surface area contributed by atoms with E-state index in [1.807, 2.05) is 18.3 Å². The molecule has 0 saturated heterocycles. The smallest absolute Gasteiger partial charge is 0.195 e. The Hall–Kier alpha value is -2.05. The van der Waals surface area contributed by atoms with Gasteiger partial charge in [-0.25, -0.2) is 15.0 Å². The monoisotopic (exact) mass is 326 g/mol. The molecule has 0 aromatic carbocycles. The van der Waals surface area contributed by atoms with Gasteiger partial charge in [0, 0.05) is 30.7 Å². The van der Waals surface area contributed by atoms with Gasteiger partial charge in [-0.3, -0.25) is 4.90 Å². The first kappa shape index (κ1) is 14.5. The summed E-state index contributed by atoms with van der Waals surface area (Å²) in [7, 11) is 0. The summed E-state index contributed by atoms with van der Waals surface area (Å²) < 4.78 is 5.41. The van der Waals surface area contributed by atoms with Gasteiger partial charge in [0.2, 0.25) is 0 Å². The molecule has 0 aliphatic carbocycles. The molecule has 0 atom stereocenters. The number of fused-ring (bicyclic) bond motifs is 1. The van der Waals surface area contributed by atoms with Crippen LogP contribution >= 0.6 is 11.3 Å². The van der Waals surface area contributed by atoms with E-state index in [1.165, 1.54) is 10.4 Å². The molecule has 0 radical (unpaired) electrons. The summed E-state index contributed by atoms with van der Waals surface area (Å²) in [5.41, 5.74) is 3.50. The van der Waals surface area contributed by atoms with Crippen LogP contribution in [0.25, 0.3) is 11.6 Å². The number of hydrogen-bond donors (Lipinski definition) is 0. The van der Waals surface area contributed by atoms with Gasteiger partial charge in [0.05, 0.1) is 22.7 Å². The molecular weight excluding hydrogens is 308 g/mol. The molecular formula is C17H18N4OS. The van der Waals surface area contributed by atoms with Crippen molar-refractivity contribution in [3.63, 3.8) is 0 Å². The highest BCUT2D eigenvalue weighted by molar-refractivity contribution is 7.11. The van der Waals surface area contributed by atoms with Crippen molar-refractivity contribution in [1.29, 1.82) is 0 Å². The summed E-state index contributed by atoms with van der Waals surface area (Å²) in [4.78, 5) is 17.5. The van der Waals surface area contributed by atoms with Crippen molar-refractivity contribution in [3.8, 4) is 11.6 Å². The predicted octanol–water partition coefficient (Wildman–Crippen LogP) is 3.37. The van der Waals surface area contributed by atoms with E-state index >= 15 is 0 Å². The number of aromatic nitrogens is 3. The van der Waals surface area contributed by atoms with Crippen LogP contribution in [0.3, 0.4) is 0 Å². The highest BCUT2D eigenvalue weighted by atomic mass is 32.1. The van der Waals surface area contributed by atoms with E-state index in [0.717, 1.165) is 48.2 Å². The van der Waals surface area contributed by atoms with Gasteiger partial charge in [-0.1, -0.05) is 0 Å². The molecule has 118 valence electrons. The maximum atomic E-state index is 5.41. The number of hydrogen-bond acceptors (Lipinski definition) is 6. The predicted molar refractivity (Wildman–Crippen MR) is 89.1 cm³/mol. The van der Waals surface area contributed by atoms with E-state index in [-0.39, 0.29) is 0 Å². The largest absolute Gasteiger partial charge is 0.461 e. The van der Waals surface area contributed by atoms with Crippen LogP contribution in [0.4, 0.5) is 0 Å². The fourth-order valence-corrected chi connectivity index (χ4v) is 3.92. The lowest BCUT2D eigenvalue weighted by molar-refractivity contribution is 0.242. The van der Waals surface area contributed by atoms with E-state index < -0.39 is 0 Å². The molecule has 23 heavy (non-hydrogen) atoms. The van der Waals surface area contributed by atoms with Gasteiger partial charge >= 0.3 is 0 Å². The molecule has 3 aromatic heterocycles. The van der Waals surface area contributed by atoms with Crippen molar-refractivity contribution in [3.05, 3.63) is 51.4 Å². The van der Waals surface area contributed by atoms with Crippen LogP contribution in [0.5, 0.6) is 0 Å². The number of rotatable bonds is 3. The first-order chi connectivity index (χ1) is 11.2. The topological polar surface area (TPSA) is 55.1 Å². The third kappa shape index (κ3) is 2.92. The minimum atomic E-state index is 0.667. The van der Waals surface area contributed by atoms with Crippen molar-refractivity contribution in [2.75, 3.05) is 6.54 Å². The van der Waals surface area contributed by atoms with Gasteiger partial charge in [0.25, 0.3) is 0 Å². The zero-order valence-electron chi connectivity index (χ0n) is 13.2. The van der Waals surface area contributed by atoms with Crippen LogP contribution in [0.2, 0.25) is 0 Å². The molecule has 4 rings (SSSR count). The maximum Gasteiger partial charge on any atom is 0.195 e.